The van der Waals surface area contributed by atoms with Gasteiger partial charge < -0.3 is 10.8 Å². The number of carboxylic acid groups (broad SMARTS) is 1. The van der Waals surface area contributed by atoms with E-state index < -0.39 is 27.8 Å². The molecule has 1 atom stereocenters. The van der Waals surface area contributed by atoms with E-state index in [9.17, 15) is 13.2 Å². The number of hydrogen-bond acceptors (Lipinski definition) is 5. The third kappa shape index (κ3) is 2.85. The topological polar surface area (TPSA) is 114 Å². The van der Waals surface area contributed by atoms with Crippen molar-refractivity contribution in [2.45, 2.75) is 18.9 Å². The van der Waals surface area contributed by atoms with Crippen molar-refractivity contribution < 1.29 is 18.3 Å². The van der Waals surface area contributed by atoms with Crippen LogP contribution in [0.2, 0.25) is 0 Å². The standard InChI is InChI=1S/C11H15N3O4S/c12-8(11(15)16)7-19(17,18)14-6-2-3-9-10(14)4-1-5-13-9/h1,4-5,8H,2-3,6-7,12H2,(H,15,16). The van der Waals surface area contributed by atoms with Crippen LogP contribution in [0.15, 0.2) is 18.3 Å². The molecule has 0 aliphatic carbocycles. The van der Waals surface area contributed by atoms with E-state index in [4.69, 9.17) is 10.8 Å². The predicted molar refractivity (Wildman–Crippen MR) is 69.3 cm³/mol. The van der Waals surface area contributed by atoms with Gasteiger partial charge in [-0.1, -0.05) is 0 Å². The summed E-state index contributed by atoms with van der Waals surface area (Å²) in [5.74, 6) is -1.94. The number of sulfonamides is 1. The number of carboxylic acids is 1. The molecule has 0 saturated carbocycles. The van der Waals surface area contributed by atoms with E-state index in [2.05, 4.69) is 4.98 Å². The normalized spacial score (nSPS) is 16.8. The molecule has 0 amide bonds. The average Bonchev–Trinajstić information content (AvgIpc) is 2.37. The van der Waals surface area contributed by atoms with Gasteiger partial charge in [0.05, 0.1) is 17.1 Å². The van der Waals surface area contributed by atoms with E-state index in [1.807, 2.05) is 0 Å². The predicted octanol–water partition coefficient (Wildman–Crippen LogP) is -0.424. The van der Waals surface area contributed by atoms with Gasteiger partial charge in [0, 0.05) is 12.7 Å². The molecule has 0 bridgehead atoms. The van der Waals surface area contributed by atoms with E-state index >= 15 is 0 Å². The largest absolute Gasteiger partial charge is 0.480 e. The van der Waals surface area contributed by atoms with Crippen molar-refractivity contribution in [3.63, 3.8) is 0 Å². The van der Waals surface area contributed by atoms with Crippen LogP contribution in [-0.2, 0) is 21.2 Å². The van der Waals surface area contributed by atoms with Gasteiger partial charge in [-0.15, -0.1) is 0 Å². The minimum atomic E-state index is -3.75. The molecule has 1 aliphatic heterocycles. The molecule has 19 heavy (non-hydrogen) atoms. The first kappa shape index (κ1) is 13.8. The maximum absolute atomic E-state index is 12.2. The van der Waals surface area contributed by atoms with Gasteiger partial charge in [0.15, 0.2) is 0 Å². The smallest absolute Gasteiger partial charge is 0.321 e. The Morgan fingerprint density at radius 3 is 3.00 bits per heavy atom. The van der Waals surface area contributed by atoms with Gasteiger partial charge in [-0.2, -0.15) is 0 Å². The van der Waals surface area contributed by atoms with Crippen LogP contribution in [0.25, 0.3) is 0 Å². The van der Waals surface area contributed by atoms with Crippen molar-refractivity contribution in [2.75, 3.05) is 16.6 Å². The lowest BCUT2D eigenvalue weighted by atomic mass is 10.1. The number of rotatable bonds is 4. The van der Waals surface area contributed by atoms with E-state index in [0.29, 0.717) is 30.8 Å². The molecule has 2 rings (SSSR count). The van der Waals surface area contributed by atoms with Crippen LogP contribution in [0.1, 0.15) is 12.1 Å². The zero-order chi connectivity index (χ0) is 14.0. The quantitative estimate of drug-likeness (QED) is 0.776. The van der Waals surface area contributed by atoms with E-state index in [1.54, 1.807) is 18.3 Å². The summed E-state index contributed by atoms with van der Waals surface area (Å²) in [5, 5.41) is 8.72. The summed E-state index contributed by atoms with van der Waals surface area (Å²) in [6.07, 6.45) is 2.98. The first-order valence-electron chi connectivity index (χ1n) is 5.84. The number of anilines is 1. The molecule has 0 spiro atoms. The van der Waals surface area contributed by atoms with Gasteiger partial charge in [-0.05, 0) is 25.0 Å². The number of aliphatic carboxylic acids is 1. The second-order valence-corrected chi connectivity index (χ2v) is 6.31. The minimum absolute atomic E-state index is 0.327. The number of aromatic nitrogens is 1. The minimum Gasteiger partial charge on any atom is -0.480 e. The maximum atomic E-state index is 12.2. The van der Waals surface area contributed by atoms with Crippen LogP contribution in [-0.4, -0.2) is 42.8 Å². The Morgan fingerprint density at radius 2 is 2.32 bits per heavy atom. The summed E-state index contributed by atoms with van der Waals surface area (Å²) in [7, 11) is -3.75. The zero-order valence-electron chi connectivity index (χ0n) is 10.2. The molecule has 7 nitrogen and oxygen atoms in total. The number of nitrogens with two attached hydrogens (primary N) is 1. The molecule has 104 valence electrons. The third-order valence-corrected chi connectivity index (χ3v) is 4.78. The molecule has 1 unspecified atom stereocenters. The lowest BCUT2D eigenvalue weighted by Crippen LogP contribution is -2.45. The first-order chi connectivity index (χ1) is 8.92. The Labute approximate surface area is 111 Å². The Kier molecular flexibility index (Phi) is 3.72. The fourth-order valence-corrected chi connectivity index (χ4v) is 3.69. The number of fused-ring (bicyclic) bond motifs is 1. The average molecular weight is 285 g/mol. The molecule has 1 aromatic heterocycles. The molecule has 0 radical (unpaired) electrons. The van der Waals surface area contributed by atoms with E-state index in [1.165, 1.54) is 4.31 Å². The number of nitrogens with zero attached hydrogens (tertiary/aromatic N) is 2. The fourth-order valence-electron chi connectivity index (χ4n) is 2.04. The van der Waals surface area contributed by atoms with Crippen molar-refractivity contribution >= 4 is 21.7 Å². The van der Waals surface area contributed by atoms with E-state index in [0.717, 1.165) is 0 Å². The summed E-state index contributed by atoms with van der Waals surface area (Å²) in [6.45, 7) is 0.327. The second-order valence-electron chi connectivity index (χ2n) is 4.37. The van der Waals surface area contributed by atoms with Gasteiger partial charge in [-0.3, -0.25) is 14.1 Å². The fraction of sp³-hybridized carbons (Fsp3) is 0.455. The van der Waals surface area contributed by atoms with Gasteiger partial charge >= 0.3 is 5.97 Å². The summed E-state index contributed by atoms with van der Waals surface area (Å²) in [6, 6.07) is 1.90. The lowest BCUT2D eigenvalue weighted by Gasteiger charge is -2.30. The Morgan fingerprint density at radius 1 is 1.58 bits per heavy atom. The monoisotopic (exact) mass is 285 g/mol. The van der Waals surface area contributed by atoms with Crippen molar-refractivity contribution in [3.05, 3.63) is 24.0 Å². The van der Waals surface area contributed by atoms with Crippen LogP contribution in [0.3, 0.4) is 0 Å². The SMILES string of the molecule is NC(CS(=O)(=O)N1CCCc2ncccc21)C(=O)O. The second kappa shape index (κ2) is 5.14. The highest BCUT2D eigenvalue weighted by atomic mass is 32.2. The van der Waals surface area contributed by atoms with Crippen LogP contribution >= 0.6 is 0 Å². The van der Waals surface area contributed by atoms with Gasteiger partial charge in [0.25, 0.3) is 0 Å². The summed E-state index contributed by atoms with van der Waals surface area (Å²) in [4.78, 5) is 14.8. The molecule has 0 fully saturated rings. The van der Waals surface area contributed by atoms with E-state index in [-0.39, 0.29) is 0 Å². The molecule has 1 aliphatic rings. The van der Waals surface area contributed by atoms with Crippen molar-refractivity contribution in [1.29, 1.82) is 0 Å². The molecular formula is C11H15N3O4S. The Hall–Kier alpha value is -1.67. The third-order valence-electron chi connectivity index (χ3n) is 2.95. The van der Waals surface area contributed by atoms with Gasteiger partial charge in [-0.25, -0.2) is 8.42 Å². The highest BCUT2D eigenvalue weighted by Gasteiger charge is 2.31. The van der Waals surface area contributed by atoms with Crippen LogP contribution in [0.5, 0.6) is 0 Å². The van der Waals surface area contributed by atoms with Crippen molar-refractivity contribution in [2.24, 2.45) is 5.73 Å². The molecule has 0 saturated heterocycles. The van der Waals surface area contributed by atoms with Gasteiger partial charge in [0.1, 0.15) is 6.04 Å². The molecule has 3 N–H and O–H groups in total. The molecule has 0 aromatic carbocycles. The molecule has 8 heteroatoms. The molecule has 1 aromatic rings. The summed E-state index contributed by atoms with van der Waals surface area (Å²) < 4.78 is 25.6. The number of hydrogen-bond donors (Lipinski definition) is 2. The number of pyridine rings is 1. The number of aryl methyl sites for hydroxylation is 1. The first-order valence-corrected chi connectivity index (χ1v) is 7.45. The summed E-state index contributed by atoms with van der Waals surface area (Å²) in [5.41, 5.74) is 6.54. The maximum Gasteiger partial charge on any atom is 0.321 e. The van der Waals surface area contributed by atoms with Crippen LogP contribution < -0.4 is 10.0 Å². The van der Waals surface area contributed by atoms with Gasteiger partial charge in [0.2, 0.25) is 10.0 Å². The lowest BCUT2D eigenvalue weighted by molar-refractivity contribution is -0.137. The molecular weight excluding hydrogens is 270 g/mol. The highest BCUT2D eigenvalue weighted by molar-refractivity contribution is 7.92. The highest BCUT2D eigenvalue weighted by Crippen LogP contribution is 2.27. The van der Waals surface area contributed by atoms with Crippen molar-refractivity contribution in [1.82, 2.24) is 4.98 Å². The van der Waals surface area contributed by atoms with Crippen LogP contribution in [0, 0.1) is 0 Å². The number of carbonyl (C=O) groups is 1. The zero-order valence-corrected chi connectivity index (χ0v) is 11.0. The Balaban J connectivity index is 2.30. The Bertz CT molecular complexity index is 587. The summed E-state index contributed by atoms with van der Waals surface area (Å²) >= 11 is 0. The van der Waals surface area contributed by atoms with Crippen LogP contribution in [0.4, 0.5) is 5.69 Å². The van der Waals surface area contributed by atoms with Crippen molar-refractivity contribution in [3.8, 4) is 0 Å². The molecule has 2 heterocycles.